The zero-order chi connectivity index (χ0) is 22.2. The van der Waals surface area contributed by atoms with Gasteiger partial charge in [-0.1, -0.05) is 23.1 Å². The third-order valence-corrected chi connectivity index (χ3v) is 6.83. The third kappa shape index (κ3) is 4.26. The molecule has 9 nitrogen and oxygen atoms in total. The normalized spacial score (nSPS) is 19.3. The van der Waals surface area contributed by atoms with Crippen LogP contribution < -0.4 is 19.8 Å². The number of nitrogens with one attached hydrogen (secondary N) is 1. The second-order valence-electron chi connectivity index (χ2n) is 6.96. The average Bonchev–Trinajstić information content (AvgIpc) is 2.75. The molecule has 2 aliphatic heterocycles. The summed E-state index contributed by atoms with van der Waals surface area (Å²) in [7, 11) is 3.54. The van der Waals surface area contributed by atoms with E-state index < -0.39 is 16.4 Å². The number of hydrogen-bond acceptors (Lipinski definition) is 7. The summed E-state index contributed by atoms with van der Waals surface area (Å²) in [5, 5.41) is 18.4. The standard InChI is InChI=1S/C19H19BClN5O4S/c1-30-17-9-13(20)14(21)10-16(17)26-15-6-8-25(11-12(15)4-5-19(26)27)31(28,29)24-18-3-2-7-22-23-18/h2-5,7,9-10,19,27H,6,8,11H2,1H3,(H,23,24). The zero-order valence-electron chi connectivity index (χ0n) is 16.6. The number of benzene rings is 1. The number of aliphatic hydroxyl groups is 1. The van der Waals surface area contributed by atoms with Gasteiger partial charge >= 0.3 is 10.2 Å². The second kappa shape index (κ2) is 8.50. The van der Waals surface area contributed by atoms with E-state index in [9.17, 15) is 13.5 Å². The lowest BCUT2D eigenvalue weighted by Crippen LogP contribution is -2.46. The summed E-state index contributed by atoms with van der Waals surface area (Å²) in [5.74, 6) is 0.585. The van der Waals surface area contributed by atoms with Crippen LogP contribution in [0, 0.1) is 0 Å². The van der Waals surface area contributed by atoms with Crippen molar-refractivity contribution in [2.45, 2.75) is 12.6 Å². The third-order valence-electron chi connectivity index (χ3n) is 5.04. The maximum Gasteiger partial charge on any atom is 0.303 e. The Hall–Kier alpha value is -2.60. The summed E-state index contributed by atoms with van der Waals surface area (Å²) < 4.78 is 34.8. The van der Waals surface area contributed by atoms with E-state index >= 15 is 0 Å². The fourth-order valence-corrected chi connectivity index (χ4v) is 4.88. The van der Waals surface area contributed by atoms with Gasteiger partial charge in [0.05, 0.1) is 12.8 Å². The van der Waals surface area contributed by atoms with E-state index in [0.717, 1.165) is 11.3 Å². The van der Waals surface area contributed by atoms with Gasteiger partial charge in [0.25, 0.3) is 0 Å². The molecule has 0 aliphatic carbocycles. The first-order valence-electron chi connectivity index (χ1n) is 9.36. The van der Waals surface area contributed by atoms with E-state index in [1.165, 1.54) is 23.7 Å². The number of aromatic nitrogens is 2. The quantitative estimate of drug-likeness (QED) is 0.641. The minimum absolute atomic E-state index is 0.121. The molecular formula is C19H19BClN5O4S. The van der Waals surface area contributed by atoms with Crippen molar-refractivity contribution in [3.8, 4) is 5.75 Å². The summed E-state index contributed by atoms with van der Waals surface area (Å²) in [6.07, 6.45) is 4.16. The molecule has 0 amide bonds. The van der Waals surface area contributed by atoms with E-state index in [1.54, 1.807) is 35.3 Å². The van der Waals surface area contributed by atoms with Crippen molar-refractivity contribution in [1.82, 2.24) is 14.5 Å². The Labute approximate surface area is 186 Å². The van der Waals surface area contributed by atoms with Gasteiger partial charge in [0, 0.05) is 36.4 Å². The number of hydrogen-bond donors (Lipinski definition) is 2. The van der Waals surface area contributed by atoms with Crippen LogP contribution in [-0.2, 0) is 10.2 Å². The smallest absolute Gasteiger partial charge is 0.303 e. The van der Waals surface area contributed by atoms with Crippen molar-refractivity contribution in [3.05, 3.63) is 58.9 Å². The number of nitrogens with zero attached hydrogens (tertiary/aromatic N) is 4. The fourth-order valence-electron chi connectivity index (χ4n) is 3.58. The molecule has 1 aromatic carbocycles. The van der Waals surface area contributed by atoms with E-state index in [0.29, 0.717) is 28.3 Å². The number of aliphatic hydroxyl groups excluding tert-OH is 1. The Morgan fingerprint density at radius 2 is 2.19 bits per heavy atom. The molecule has 12 heteroatoms. The average molecular weight is 460 g/mol. The molecule has 0 saturated carbocycles. The molecule has 0 saturated heterocycles. The zero-order valence-corrected chi connectivity index (χ0v) is 18.1. The Morgan fingerprint density at radius 3 is 2.90 bits per heavy atom. The first-order valence-corrected chi connectivity index (χ1v) is 11.2. The molecule has 160 valence electrons. The van der Waals surface area contributed by atoms with Gasteiger partial charge in [0.2, 0.25) is 0 Å². The van der Waals surface area contributed by atoms with Crippen molar-refractivity contribution in [2.75, 3.05) is 29.8 Å². The molecule has 1 unspecified atom stereocenters. The van der Waals surface area contributed by atoms with Gasteiger partial charge in [-0.15, -0.1) is 5.10 Å². The molecule has 0 bridgehead atoms. The number of rotatable bonds is 5. The van der Waals surface area contributed by atoms with Gasteiger partial charge in [0.1, 0.15) is 13.6 Å². The number of anilines is 2. The first-order chi connectivity index (χ1) is 14.8. The topological polar surface area (TPSA) is 108 Å². The molecule has 3 heterocycles. The van der Waals surface area contributed by atoms with Crippen molar-refractivity contribution in [1.29, 1.82) is 0 Å². The monoisotopic (exact) mass is 459 g/mol. The minimum Gasteiger partial charge on any atom is -0.495 e. The summed E-state index contributed by atoms with van der Waals surface area (Å²) in [6.45, 7) is 0.326. The van der Waals surface area contributed by atoms with Gasteiger partial charge in [0.15, 0.2) is 12.0 Å². The van der Waals surface area contributed by atoms with Gasteiger partial charge in [-0.3, -0.25) is 4.72 Å². The van der Waals surface area contributed by atoms with Crippen LogP contribution in [-0.4, -0.2) is 62.3 Å². The minimum atomic E-state index is -3.84. The van der Waals surface area contributed by atoms with Crippen molar-refractivity contribution >= 4 is 46.6 Å². The number of halogens is 1. The van der Waals surface area contributed by atoms with Crippen LogP contribution in [0.3, 0.4) is 0 Å². The van der Waals surface area contributed by atoms with E-state index in [4.69, 9.17) is 24.2 Å². The number of ether oxygens (including phenoxy) is 1. The van der Waals surface area contributed by atoms with E-state index in [-0.39, 0.29) is 18.9 Å². The van der Waals surface area contributed by atoms with Gasteiger partial charge in [-0.2, -0.15) is 17.8 Å². The molecule has 2 radical (unpaired) electrons. The van der Waals surface area contributed by atoms with Crippen LogP contribution >= 0.6 is 11.6 Å². The maximum absolute atomic E-state index is 12.8. The second-order valence-corrected chi connectivity index (χ2v) is 9.04. The van der Waals surface area contributed by atoms with Gasteiger partial charge in [-0.05, 0) is 35.9 Å². The summed E-state index contributed by atoms with van der Waals surface area (Å²) in [6, 6.07) is 6.33. The predicted octanol–water partition coefficient (Wildman–Crippen LogP) is 0.944. The largest absolute Gasteiger partial charge is 0.495 e. The summed E-state index contributed by atoms with van der Waals surface area (Å²) in [5.41, 5.74) is 2.42. The highest BCUT2D eigenvalue weighted by atomic mass is 35.5. The van der Waals surface area contributed by atoms with Gasteiger partial charge < -0.3 is 14.7 Å². The summed E-state index contributed by atoms with van der Waals surface area (Å²) >= 11 is 6.22. The van der Waals surface area contributed by atoms with Gasteiger partial charge in [-0.25, -0.2) is 0 Å². The van der Waals surface area contributed by atoms with Crippen molar-refractivity contribution < 1.29 is 18.3 Å². The maximum atomic E-state index is 12.8. The molecule has 2 aliphatic rings. The Kier molecular flexibility index (Phi) is 5.93. The van der Waals surface area contributed by atoms with E-state index in [1.807, 2.05) is 0 Å². The van der Waals surface area contributed by atoms with Crippen LogP contribution in [0.25, 0.3) is 0 Å². The van der Waals surface area contributed by atoms with Crippen molar-refractivity contribution in [2.24, 2.45) is 0 Å². The molecule has 2 N–H and O–H groups in total. The Morgan fingerprint density at radius 1 is 1.39 bits per heavy atom. The molecule has 0 spiro atoms. The highest BCUT2D eigenvalue weighted by Gasteiger charge is 2.34. The Bertz CT molecular complexity index is 1160. The fraction of sp³-hybridized carbons (Fsp3) is 0.263. The SMILES string of the molecule is [B]c1cc(OC)c(N2C3=C(C=CC2O)CN(S(=O)(=O)Nc2cccnn2)CC3)cc1Cl. The molecular weight excluding hydrogens is 441 g/mol. The van der Waals surface area contributed by atoms with Crippen LogP contribution in [0.4, 0.5) is 11.5 Å². The molecule has 0 fully saturated rings. The number of methoxy groups -OCH3 is 1. The molecule has 4 rings (SSSR count). The van der Waals surface area contributed by atoms with Crippen LogP contribution in [0.2, 0.25) is 5.02 Å². The van der Waals surface area contributed by atoms with Crippen LogP contribution in [0.5, 0.6) is 5.75 Å². The lowest BCUT2D eigenvalue weighted by Gasteiger charge is -2.40. The molecule has 1 atom stereocenters. The lowest BCUT2D eigenvalue weighted by atomic mass is 9.94. The highest BCUT2D eigenvalue weighted by Crippen LogP contribution is 2.39. The summed E-state index contributed by atoms with van der Waals surface area (Å²) in [4.78, 5) is 1.68. The predicted molar refractivity (Wildman–Crippen MR) is 119 cm³/mol. The molecule has 1 aromatic heterocycles. The van der Waals surface area contributed by atoms with Crippen molar-refractivity contribution in [3.63, 3.8) is 0 Å². The van der Waals surface area contributed by atoms with Crippen LogP contribution in [0.1, 0.15) is 6.42 Å². The molecule has 2 aromatic rings. The lowest BCUT2D eigenvalue weighted by molar-refractivity contribution is 0.218. The molecule has 31 heavy (non-hydrogen) atoms. The Balaban J connectivity index is 1.65. The van der Waals surface area contributed by atoms with E-state index in [2.05, 4.69) is 14.9 Å². The van der Waals surface area contributed by atoms with Crippen LogP contribution in [0.15, 0.2) is 53.9 Å². The first kappa shape index (κ1) is 21.6. The highest BCUT2D eigenvalue weighted by molar-refractivity contribution is 7.90.